The van der Waals surface area contributed by atoms with Crippen molar-refractivity contribution in [1.29, 1.82) is 0 Å². The molecule has 1 aliphatic rings. The summed E-state index contributed by atoms with van der Waals surface area (Å²) in [5, 5.41) is 3.25. The second-order valence-electron chi connectivity index (χ2n) is 7.80. The summed E-state index contributed by atoms with van der Waals surface area (Å²) in [4.78, 5) is 28.0. The number of rotatable bonds is 5. The predicted octanol–water partition coefficient (Wildman–Crippen LogP) is 5.00. The Hall–Kier alpha value is -3.66. The van der Waals surface area contributed by atoms with Crippen LogP contribution in [0.1, 0.15) is 27.8 Å². The van der Waals surface area contributed by atoms with Crippen LogP contribution in [0.5, 0.6) is 0 Å². The highest BCUT2D eigenvalue weighted by molar-refractivity contribution is 6.36. The van der Waals surface area contributed by atoms with Gasteiger partial charge in [0.1, 0.15) is 5.70 Å². The second kappa shape index (κ2) is 7.99. The van der Waals surface area contributed by atoms with Crippen molar-refractivity contribution >= 4 is 23.1 Å². The zero-order valence-corrected chi connectivity index (χ0v) is 17.4. The average Bonchev–Trinajstić information content (AvgIpc) is 2.93. The van der Waals surface area contributed by atoms with E-state index in [0.29, 0.717) is 11.3 Å². The minimum atomic E-state index is -0.307. The Bertz CT molecular complexity index is 1130. The lowest BCUT2D eigenvalue weighted by atomic mass is 10.0. The molecule has 1 aliphatic heterocycles. The Labute approximate surface area is 176 Å². The van der Waals surface area contributed by atoms with Gasteiger partial charge in [-0.15, -0.1) is 0 Å². The lowest BCUT2D eigenvalue weighted by Crippen LogP contribution is -2.32. The summed E-state index contributed by atoms with van der Waals surface area (Å²) in [6.45, 7) is 6.26. The van der Waals surface area contributed by atoms with Crippen molar-refractivity contribution in [3.05, 3.63) is 106 Å². The van der Waals surface area contributed by atoms with E-state index in [1.807, 2.05) is 87.5 Å². The maximum atomic E-state index is 13.3. The Morgan fingerprint density at radius 2 is 1.37 bits per heavy atom. The van der Waals surface area contributed by atoms with Crippen LogP contribution in [0.15, 0.2) is 78.5 Å². The molecule has 150 valence electrons. The summed E-state index contributed by atoms with van der Waals surface area (Å²) in [6, 6.07) is 23.3. The molecule has 0 fully saturated rings. The Kier molecular flexibility index (Phi) is 5.23. The predicted molar refractivity (Wildman–Crippen MR) is 120 cm³/mol. The summed E-state index contributed by atoms with van der Waals surface area (Å²) in [6.07, 6.45) is 0. The first-order valence-electron chi connectivity index (χ1n) is 9.99. The number of carbonyl (C=O) groups is 2. The fourth-order valence-corrected chi connectivity index (χ4v) is 3.78. The zero-order valence-electron chi connectivity index (χ0n) is 17.4. The zero-order chi connectivity index (χ0) is 21.3. The summed E-state index contributed by atoms with van der Waals surface area (Å²) >= 11 is 0. The smallest absolute Gasteiger partial charge is 0.278 e. The molecule has 3 aromatic rings. The maximum Gasteiger partial charge on any atom is 0.278 e. The summed E-state index contributed by atoms with van der Waals surface area (Å²) in [7, 11) is 0. The van der Waals surface area contributed by atoms with E-state index in [2.05, 4.69) is 11.4 Å². The third-order valence-corrected chi connectivity index (χ3v) is 5.18. The van der Waals surface area contributed by atoms with Gasteiger partial charge in [0.2, 0.25) is 0 Å². The molecule has 0 unspecified atom stereocenters. The van der Waals surface area contributed by atoms with Crippen LogP contribution >= 0.6 is 0 Å². The topological polar surface area (TPSA) is 49.4 Å². The maximum absolute atomic E-state index is 13.3. The van der Waals surface area contributed by atoms with E-state index in [1.54, 1.807) is 0 Å². The Morgan fingerprint density at radius 1 is 0.733 bits per heavy atom. The fraction of sp³-hybridized carbons (Fsp3) is 0.154. The van der Waals surface area contributed by atoms with Crippen LogP contribution in [0.3, 0.4) is 0 Å². The number of carbonyl (C=O) groups excluding carboxylic acids is 2. The lowest BCUT2D eigenvalue weighted by molar-refractivity contribution is -0.137. The van der Waals surface area contributed by atoms with Crippen LogP contribution in [-0.2, 0) is 16.1 Å². The van der Waals surface area contributed by atoms with Gasteiger partial charge in [-0.05, 0) is 55.2 Å². The number of nitrogens with zero attached hydrogens (tertiary/aromatic N) is 1. The van der Waals surface area contributed by atoms with E-state index in [1.165, 1.54) is 4.90 Å². The van der Waals surface area contributed by atoms with Gasteiger partial charge >= 0.3 is 0 Å². The molecule has 30 heavy (non-hydrogen) atoms. The minimum absolute atomic E-state index is 0.242. The van der Waals surface area contributed by atoms with Crippen molar-refractivity contribution in [3.8, 4) is 0 Å². The minimum Gasteiger partial charge on any atom is -0.350 e. The molecule has 0 saturated heterocycles. The highest BCUT2D eigenvalue weighted by atomic mass is 16.2. The number of aryl methyl sites for hydroxylation is 3. The Balaban J connectivity index is 1.76. The van der Waals surface area contributed by atoms with Crippen molar-refractivity contribution in [3.63, 3.8) is 0 Å². The standard InChI is InChI=1S/C26H24N2O2/c1-17-9-11-21(12-10-17)23-24(27-22-14-18(2)13-19(3)15-22)26(30)28(25(23)29)16-20-7-5-4-6-8-20/h4-15,27H,16H2,1-3H3. The molecule has 0 spiro atoms. The average molecular weight is 396 g/mol. The largest absolute Gasteiger partial charge is 0.350 e. The molecule has 0 radical (unpaired) electrons. The van der Waals surface area contributed by atoms with Gasteiger partial charge in [-0.25, -0.2) is 0 Å². The van der Waals surface area contributed by atoms with E-state index < -0.39 is 0 Å². The third-order valence-electron chi connectivity index (χ3n) is 5.18. The van der Waals surface area contributed by atoms with Crippen LogP contribution in [-0.4, -0.2) is 16.7 Å². The molecule has 4 nitrogen and oxygen atoms in total. The van der Waals surface area contributed by atoms with Crippen LogP contribution in [0, 0.1) is 20.8 Å². The van der Waals surface area contributed by atoms with Crippen LogP contribution < -0.4 is 5.32 Å². The van der Waals surface area contributed by atoms with Gasteiger partial charge in [-0.1, -0.05) is 66.2 Å². The molecular weight excluding hydrogens is 372 g/mol. The number of amides is 2. The van der Waals surface area contributed by atoms with Gasteiger partial charge < -0.3 is 5.32 Å². The Morgan fingerprint density at radius 3 is 2.00 bits per heavy atom. The molecule has 1 N–H and O–H groups in total. The number of benzene rings is 3. The summed E-state index contributed by atoms with van der Waals surface area (Å²) in [5.41, 5.74) is 6.47. The summed E-state index contributed by atoms with van der Waals surface area (Å²) in [5.74, 6) is -0.585. The van der Waals surface area contributed by atoms with Gasteiger partial charge in [0.05, 0.1) is 12.1 Å². The second-order valence-corrected chi connectivity index (χ2v) is 7.80. The summed E-state index contributed by atoms with van der Waals surface area (Å²) < 4.78 is 0. The first-order valence-corrected chi connectivity index (χ1v) is 9.99. The van der Waals surface area contributed by atoms with Crippen molar-refractivity contribution in [2.45, 2.75) is 27.3 Å². The lowest BCUT2D eigenvalue weighted by Gasteiger charge is -2.15. The molecule has 0 aromatic heterocycles. The molecule has 3 aromatic carbocycles. The first-order chi connectivity index (χ1) is 14.4. The quantitative estimate of drug-likeness (QED) is 0.617. The van der Waals surface area contributed by atoms with Crippen molar-refractivity contribution in [2.24, 2.45) is 0 Å². The van der Waals surface area contributed by atoms with Gasteiger partial charge in [-0.3, -0.25) is 14.5 Å². The van der Waals surface area contributed by atoms with E-state index in [-0.39, 0.29) is 18.4 Å². The van der Waals surface area contributed by atoms with Crippen molar-refractivity contribution in [2.75, 3.05) is 5.32 Å². The molecule has 4 rings (SSSR count). The van der Waals surface area contributed by atoms with Crippen molar-refractivity contribution < 1.29 is 9.59 Å². The van der Waals surface area contributed by atoms with E-state index in [4.69, 9.17) is 0 Å². The first kappa shape index (κ1) is 19.6. The SMILES string of the molecule is Cc1ccc(C2=C(Nc3cc(C)cc(C)c3)C(=O)N(Cc3ccccc3)C2=O)cc1. The number of hydrogen-bond donors (Lipinski definition) is 1. The van der Waals surface area contributed by atoms with Crippen molar-refractivity contribution in [1.82, 2.24) is 4.90 Å². The molecule has 0 saturated carbocycles. The molecule has 4 heteroatoms. The van der Waals surface area contributed by atoms with E-state index >= 15 is 0 Å². The van der Waals surface area contributed by atoms with Gasteiger partial charge in [0, 0.05) is 5.69 Å². The fourth-order valence-electron chi connectivity index (χ4n) is 3.78. The third kappa shape index (κ3) is 3.90. The number of imide groups is 1. The van der Waals surface area contributed by atoms with Crippen LogP contribution in [0.2, 0.25) is 0 Å². The van der Waals surface area contributed by atoms with Crippen LogP contribution in [0.4, 0.5) is 5.69 Å². The highest BCUT2D eigenvalue weighted by Gasteiger charge is 2.39. The molecule has 1 heterocycles. The normalized spacial score (nSPS) is 13.9. The monoisotopic (exact) mass is 396 g/mol. The van der Waals surface area contributed by atoms with E-state index in [0.717, 1.165) is 33.5 Å². The van der Waals surface area contributed by atoms with E-state index in [9.17, 15) is 9.59 Å². The number of nitrogens with one attached hydrogen (secondary N) is 1. The molecule has 0 aliphatic carbocycles. The molecular formula is C26H24N2O2. The van der Waals surface area contributed by atoms with Gasteiger partial charge in [0.15, 0.2) is 0 Å². The number of anilines is 1. The van der Waals surface area contributed by atoms with Crippen LogP contribution in [0.25, 0.3) is 5.57 Å². The highest BCUT2D eigenvalue weighted by Crippen LogP contribution is 2.32. The molecule has 2 amide bonds. The molecule has 0 atom stereocenters. The number of hydrogen-bond acceptors (Lipinski definition) is 3. The van der Waals surface area contributed by atoms with Gasteiger partial charge in [0.25, 0.3) is 11.8 Å². The molecule has 0 bridgehead atoms. The van der Waals surface area contributed by atoms with Gasteiger partial charge in [-0.2, -0.15) is 0 Å².